The van der Waals surface area contributed by atoms with Gasteiger partial charge in [-0.05, 0) is 29.7 Å². The van der Waals surface area contributed by atoms with Crippen LogP contribution in [0, 0.1) is 0 Å². The number of hydrazine groups is 1. The molecule has 0 radical (unpaired) electrons. The lowest BCUT2D eigenvalue weighted by atomic mass is 9.81. The molecule has 1 fully saturated rings. The van der Waals surface area contributed by atoms with Crippen LogP contribution >= 0.6 is 11.6 Å². The fourth-order valence-electron chi connectivity index (χ4n) is 4.13. The molecule has 1 aliphatic heterocycles. The van der Waals surface area contributed by atoms with Gasteiger partial charge in [0.1, 0.15) is 0 Å². The first-order valence-corrected chi connectivity index (χ1v) is 9.90. The molecule has 140 valence electrons. The zero-order chi connectivity index (χ0) is 18.6. The summed E-state index contributed by atoms with van der Waals surface area (Å²) in [5.74, 6) is 0. The monoisotopic (exact) mass is 371 g/mol. The van der Waals surface area contributed by atoms with Gasteiger partial charge in [0.15, 0.2) is 0 Å². The van der Waals surface area contributed by atoms with Crippen molar-refractivity contribution in [3.63, 3.8) is 0 Å². The molecule has 3 nitrogen and oxygen atoms in total. The third-order valence-corrected chi connectivity index (χ3v) is 5.76. The highest BCUT2D eigenvalue weighted by Crippen LogP contribution is 2.38. The topological polar surface area (TPSA) is 9.72 Å². The Hall–Kier alpha value is -1.39. The first kappa shape index (κ1) is 19.4. The molecule has 0 saturated carbocycles. The number of benzene rings is 2. The molecular formula is C22H30ClN3. The van der Waals surface area contributed by atoms with Crippen molar-refractivity contribution in [1.29, 1.82) is 0 Å². The summed E-state index contributed by atoms with van der Waals surface area (Å²) in [5, 5.41) is 5.52. The number of halogens is 1. The number of nitrogens with zero attached hydrogens (tertiary/aromatic N) is 3. The second-order valence-corrected chi connectivity index (χ2v) is 7.87. The molecule has 2 aromatic rings. The lowest BCUT2D eigenvalue weighted by Gasteiger charge is -2.53. The molecule has 1 unspecified atom stereocenters. The highest BCUT2D eigenvalue weighted by molar-refractivity contribution is 6.30. The zero-order valence-electron chi connectivity index (χ0n) is 16.2. The van der Waals surface area contributed by atoms with E-state index in [0.717, 1.165) is 44.0 Å². The van der Waals surface area contributed by atoms with E-state index in [1.54, 1.807) is 0 Å². The van der Waals surface area contributed by atoms with E-state index in [9.17, 15) is 0 Å². The maximum absolute atomic E-state index is 6.08. The first-order valence-electron chi connectivity index (χ1n) is 9.52. The Labute approximate surface area is 163 Å². The molecule has 4 heteroatoms. The summed E-state index contributed by atoms with van der Waals surface area (Å²) in [6.07, 6.45) is 2.31. The van der Waals surface area contributed by atoms with Gasteiger partial charge < -0.3 is 0 Å². The molecular weight excluding hydrogens is 342 g/mol. The summed E-state index contributed by atoms with van der Waals surface area (Å²) in [4.78, 5) is 2.68. The minimum Gasteiger partial charge on any atom is -0.287 e. The lowest BCUT2D eigenvalue weighted by Crippen LogP contribution is -2.62. The Kier molecular flexibility index (Phi) is 6.36. The molecule has 1 aliphatic rings. The molecule has 1 saturated heterocycles. The third kappa shape index (κ3) is 4.12. The molecule has 1 atom stereocenters. The van der Waals surface area contributed by atoms with E-state index >= 15 is 0 Å². The zero-order valence-corrected chi connectivity index (χ0v) is 16.9. The SMILES string of the molecule is CCCC1(c2ccccc2)CN(N(C)C)CCN1Cc1ccc(Cl)cc1. The molecule has 0 aliphatic carbocycles. The van der Waals surface area contributed by atoms with Crippen molar-refractivity contribution >= 4 is 11.6 Å². The summed E-state index contributed by atoms with van der Waals surface area (Å²) in [6.45, 7) is 6.37. The largest absolute Gasteiger partial charge is 0.287 e. The highest BCUT2D eigenvalue weighted by atomic mass is 35.5. The van der Waals surface area contributed by atoms with E-state index in [0.29, 0.717) is 0 Å². The fourth-order valence-corrected chi connectivity index (χ4v) is 4.26. The van der Waals surface area contributed by atoms with E-state index < -0.39 is 0 Å². The van der Waals surface area contributed by atoms with E-state index in [1.165, 1.54) is 11.1 Å². The van der Waals surface area contributed by atoms with E-state index in [1.807, 2.05) is 12.1 Å². The summed E-state index contributed by atoms with van der Waals surface area (Å²) < 4.78 is 0. The van der Waals surface area contributed by atoms with Gasteiger partial charge in [-0.15, -0.1) is 0 Å². The van der Waals surface area contributed by atoms with Gasteiger partial charge in [0.25, 0.3) is 0 Å². The maximum Gasteiger partial charge on any atom is 0.0605 e. The van der Waals surface area contributed by atoms with Crippen molar-refractivity contribution in [2.24, 2.45) is 0 Å². The standard InChI is InChI=1S/C22H30ClN3/c1-4-14-22(20-8-6-5-7-9-20)18-26(24(2)3)16-15-25(22)17-19-10-12-21(23)13-11-19/h5-13H,4,14-18H2,1-3H3. The van der Waals surface area contributed by atoms with Gasteiger partial charge in [-0.2, -0.15) is 0 Å². The van der Waals surface area contributed by atoms with Crippen LogP contribution in [0.3, 0.4) is 0 Å². The van der Waals surface area contributed by atoms with Gasteiger partial charge in [0.05, 0.1) is 5.54 Å². The van der Waals surface area contributed by atoms with Gasteiger partial charge >= 0.3 is 0 Å². The van der Waals surface area contributed by atoms with Crippen molar-refractivity contribution in [2.45, 2.75) is 31.8 Å². The lowest BCUT2D eigenvalue weighted by molar-refractivity contribution is -0.0973. The van der Waals surface area contributed by atoms with Crippen LogP contribution in [0.1, 0.15) is 30.9 Å². The minimum atomic E-state index is 0.0260. The number of piperazine rings is 1. The van der Waals surface area contributed by atoms with E-state index in [-0.39, 0.29) is 5.54 Å². The molecule has 0 N–H and O–H groups in total. The highest BCUT2D eigenvalue weighted by Gasteiger charge is 2.42. The smallest absolute Gasteiger partial charge is 0.0605 e. The van der Waals surface area contributed by atoms with Crippen LogP contribution in [0.15, 0.2) is 54.6 Å². The summed E-state index contributed by atoms with van der Waals surface area (Å²) >= 11 is 6.08. The van der Waals surface area contributed by atoms with E-state index in [4.69, 9.17) is 11.6 Å². The van der Waals surface area contributed by atoms with Gasteiger partial charge in [-0.1, -0.05) is 67.4 Å². The molecule has 0 bridgehead atoms. The molecule has 2 aromatic carbocycles. The fraction of sp³-hybridized carbons (Fsp3) is 0.455. The average Bonchev–Trinajstić information content (AvgIpc) is 2.65. The normalized spacial score (nSPS) is 22.0. The summed E-state index contributed by atoms with van der Waals surface area (Å²) in [6, 6.07) is 19.3. The van der Waals surface area contributed by atoms with Crippen molar-refractivity contribution in [3.8, 4) is 0 Å². The predicted molar refractivity (Wildman–Crippen MR) is 110 cm³/mol. The Morgan fingerprint density at radius 1 is 1.00 bits per heavy atom. The van der Waals surface area contributed by atoms with Crippen molar-refractivity contribution in [3.05, 3.63) is 70.7 Å². The van der Waals surface area contributed by atoms with Crippen molar-refractivity contribution < 1.29 is 0 Å². The molecule has 26 heavy (non-hydrogen) atoms. The van der Waals surface area contributed by atoms with Crippen LogP contribution in [-0.2, 0) is 12.1 Å². The molecule has 0 amide bonds. The third-order valence-electron chi connectivity index (χ3n) is 5.50. The van der Waals surface area contributed by atoms with Crippen LogP contribution in [0.25, 0.3) is 0 Å². The van der Waals surface area contributed by atoms with Crippen molar-refractivity contribution in [2.75, 3.05) is 33.7 Å². The number of hydrogen-bond acceptors (Lipinski definition) is 3. The Bertz CT molecular complexity index is 686. The quantitative estimate of drug-likeness (QED) is 0.733. The molecule has 3 rings (SSSR count). The predicted octanol–water partition coefficient (Wildman–Crippen LogP) is 4.63. The van der Waals surface area contributed by atoms with Crippen LogP contribution in [0.2, 0.25) is 5.02 Å². The van der Waals surface area contributed by atoms with Crippen LogP contribution in [-0.4, -0.2) is 48.6 Å². The average molecular weight is 372 g/mol. The van der Waals surface area contributed by atoms with Crippen molar-refractivity contribution in [1.82, 2.24) is 14.9 Å². The van der Waals surface area contributed by atoms with Crippen LogP contribution < -0.4 is 0 Å². The summed E-state index contributed by atoms with van der Waals surface area (Å²) in [7, 11) is 4.30. The Morgan fingerprint density at radius 2 is 1.69 bits per heavy atom. The second kappa shape index (κ2) is 8.53. The Balaban J connectivity index is 1.97. The van der Waals surface area contributed by atoms with Gasteiger partial charge in [-0.3, -0.25) is 4.90 Å². The van der Waals surface area contributed by atoms with Crippen LogP contribution in [0.4, 0.5) is 0 Å². The van der Waals surface area contributed by atoms with Gasteiger partial charge in [-0.25, -0.2) is 10.0 Å². The Morgan fingerprint density at radius 3 is 2.31 bits per heavy atom. The summed E-state index contributed by atoms with van der Waals surface area (Å²) in [5.41, 5.74) is 2.77. The second-order valence-electron chi connectivity index (χ2n) is 7.43. The first-order chi connectivity index (χ1) is 12.5. The number of rotatable bonds is 6. The van der Waals surface area contributed by atoms with Crippen LogP contribution in [0.5, 0.6) is 0 Å². The molecule has 0 spiro atoms. The molecule has 1 heterocycles. The number of hydrogen-bond donors (Lipinski definition) is 0. The van der Waals surface area contributed by atoms with Gasteiger partial charge in [0, 0.05) is 45.3 Å². The van der Waals surface area contributed by atoms with Gasteiger partial charge in [0.2, 0.25) is 0 Å². The minimum absolute atomic E-state index is 0.0260. The molecule has 0 aromatic heterocycles. The van der Waals surface area contributed by atoms with E-state index in [2.05, 4.69) is 78.4 Å². The maximum atomic E-state index is 6.08.